The highest BCUT2D eigenvalue weighted by molar-refractivity contribution is 7.11. The quantitative estimate of drug-likeness (QED) is 0.859. The second kappa shape index (κ2) is 4.63. The van der Waals surface area contributed by atoms with Crippen molar-refractivity contribution in [3.63, 3.8) is 0 Å². The molecule has 2 aromatic rings. The Kier molecular flexibility index (Phi) is 3.22. The van der Waals surface area contributed by atoms with Crippen LogP contribution >= 0.6 is 11.3 Å². The van der Waals surface area contributed by atoms with Gasteiger partial charge in [-0.25, -0.2) is 4.98 Å². The monoisotopic (exact) mass is 235 g/mol. The van der Waals surface area contributed by atoms with Gasteiger partial charge in [0.05, 0.1) is 16.0 Å². The highest BCUT2D eigenvalue weighted by Crippen LogP contribution is 2.22. The van der Waals surface area contributed by atoms with Crippen LogP contribution in [0.5, 0.6) is 5.75 Å². The molecule has 0 aliphatic carbocycles. The Labute approximate surface area is 98.0 Å². The van der Waals surface area contributed by atoms with Crippen LogP contribution in [0.2, 0.25) is 0 Å². The summed E-state index contributed by atoms with van der Waals surface area (Å²) in [6.07, 6.45) is 1.99. The molecule has 4 heteroatoms. The first kappa shape index (κ1) is 11.1. The van der Waals surface area contributed by atoms with Gasteiger partial charge in [-0.2, -0.15) is 0 Å². The summed E-state index contributed by atoms with van der Waals surface area (Å²) in [5.41, 5.74) is 1.10. The first-order valence-electron chi connectivity index (χ1n) is 5.06. The van der Waals surface area contributed by atoms with Gasteiger partial charge in [0.15, 0.2) is 0 Å². The van der Waals surface area contributed by atoms with E-state index < -0.39 is 6.10 Å². The van der Waals surface area contributed by atoms with Crippen molar-refractivity contribution in [1.82, 2.24) is 4.98 Å². The zero-order valence-electron chi connectivity index (χ0n) is 8.92. The maximum atomic E-state index is 9.38. The standard InChI is InChI=1S/C12H13NO2S/c1-8(14)11-7-13-12(16-11)6-9-2-4-10(15)5-3-9/h2-5,7-8,14-15H,6H2,1H3. The van der Waals surface area contributed by atoms with Crippen molar-refractivity contribution in [3.8, 4) is 5.75 Å². The van der Waals surface area contributed by atoms with Crippen LogP contribution in [-0.4, -0.2) is 15.2 Å². The molecule has 3 nitrogen and oxygen atoms in total. The topological polar surface area (TPSA) is 53.4 Å². The van der Waals surface area contributed by atoms with E-state index >= 15 is 0 Å². The number of nitrogens with zero attached hydrogens (tertiary/aromatic N) is 1. The lowest BCUT2D eigenvalue weighted by Crippen LogP contribution is -1.85. The zero-order valence-corrected chi connectivity index (χ0v) is 9.74. The predicted molar refractivity (Wildman–Crippen MR) is 63.7 cm³/mol. The molecule has 0 radical (unpaired) electrons. The van der Waals surface area contributed by atoms with Crippen LogP contribution in [0.4, 0.5) is 0 Å². The third kappa shape index (κ3) is 2.59. The molecule has 0 amide bonds. The number of hydrogen-bond acceptors (Lipinski definition) is 4. The summed E-state index contributed by atoms with van der Waals surface area (Å²) in [5.74, 6) is 0.271. The molecule has 0 saturated carbocycles. The van der Waals surface area contributed by atoms with Crippen LogP contribution in [0, 0.1) is 0 Å². The van der Waals surface area contributed by atoms with E-state index in [4.69, 9.17) is 5.11 Å². The van der Waals surface area contributed by atoms with Crippen molar-refractivity contribution in [2.75, 3.05) is 0 Å². The number of phenolic OH excluding ortho intramolecular Hbond substituents is 1. The third-order valence-electron chi connectivity index (χ3n) is 2.27. The molecule has 0 saturated heterocycles. The highest BCUT2D eigenvalue weighted by atomic mass is 32.1. The highest BCUT2D eigenvalue weighted by Gasteiger charge is 2.07. The van der Waals surface area contributed by atoms with E-state index in [-0.39, 0.29) is 5.75 Å². The minimum absolute atomic E-state index is 0.271. The van der Waals surface area contributed by atoms with Crippen molar-refractivity contribution in [3.05, 3.63) is 45.9 Å². The van der Waals surface area contributed by atoms with Gasteiger partial charge in [0.25, 0.3) is 0 Å². The van der Waals surface area contributed by atoms with Crippen molar-refractivity contribution >= 4 is 11.3 Å². The van der Waals surface area contributed by atoms with E-state index in [0.29, 0.717) is 0 Å². The Morgan fingerprint density at radius 2 is 2.00 bits per heavy atom. The molecule has 1 unspecified atom stereocenters. The van der Waals surface area contributed by atoms with Crippen LogP contribution in [-0.2, 0) is 6.42 Å². The van der Waals surface area contributed by atoms with E-state index in [1.807, 2.05) is 12.1 Å². The number of phenols is 1. The SMILES string of the molecule is CC(O)c1cnc(Cc2ccc(O)cc2)s1. The average molecular weight is 235 g/mol. The predicted octanol–water partition coefficient (Wildman–Crippen LogP) is 2.49. The summed E-state index contributed by atoms with van der Waals surface area (Å²) in [6.45, 7) is 1.73. The van der Waals surface area contributed by atoms with Crippen LogP contribution in [0.3, 0.4) is 0 Å². The number of aliphatic hydroxyl groups is 1. The van der Waals surface area contributed by atoms with E-state index in [1.54, 1.807) is 25.3 Å². The third-order valence-corrected chi connectivity index (χ3v) is 3.44. The smallest absolute Gasteiger partial charge is 0.115 e. The van der Waals surface area contributed by atoms with Crippen LogP contribution in [0.1, 0.15) is 28.5 Å². The fourth-order valence-corrected chi connectivity index (χ4v) is 2.28. The van der Waals surface area contributed by atoms with Crippen molar-refractivity contribution in [1.29, 1.82) is 0 Å². The number of benzene rings is 1. The Morgan fingerprint density at radius 1 is 1.31 bits per heavy atom. The van der Waals surface area contributed by atoms with Gasteiger partial charge in [0, 0.05) is 12.6 Å². The van der Waals surface area contributed by atoms with E-state index in [0.717, 1.165) is 21.9 Å². The van der Waals surface area contributed by atoms with Gasteiger partial charge >= 0.3 is 0 Å². The number of rotatable bonds is 3. The van der Waals surface area contributed by atoms with Gasteiger partial charge in [-0.05, 0) is 24.6 Å². The number of thiazole rings is 1. The summed E-state index contributed by atoms with van der Waals surface area (Å²) in [7, 11) is 0. The molecule has 0 aliphatic rings. The Hall–Kier alpha value is -1.39. The molecule has 0 aliphatic heterocycles. The minimum atomic E-state index is -0.453. The van der Waals surface area contributed by atoms with Crippen LogP contribution < -0.4 is 0 Å². The Bertz CT molecular complexity index is 462. The largest absolute Gasteiger partial charge is 0.508 e. The summed E-state index contributed by atoms with van der Waals surface area (Å²) >= 11 is 1.52. The average Bonchev–Trinajstić information content (AvgIpc) is 2.70. The molecule has 0 fully saturated rings. The van der Waals surface area contributed by atoms with E-state index in [9.17, 15) is 5.11 Å². The molecule has 2 N–H and O–H groups in total. The lowest BCUT2D eigenvalue weighted by atomic mass is 10.1. The number of aliphatic hydroxyl groups excluding tert-OH is 1. The van der Waals surface area contributed by atoms with Gasteiger partial charge in [0.2, 0.25) is 0 Å². The normalized spacial score (nSPS) is 12.6. The lowest BCUT2D eigenvalue weighted by molar-refractivity contribution is 0.203. The van der Waals surface area contributed by atoms with Crippen molar-refractivity contribution in [2.24, 2.45) is 0 Å². The maximum absolute atomic E-state index is 9.38. The molecule has 16 heavy (non-hydrogen) atoms. The fraction of sp³-hybridized carbons (Fsp3) is 0.250. The van der Waals surface area contributed by atoms with Gasteiger partial charge in [0.1, 0.15) is 5.75 Å². The van der Waals surface area contributed by atoms with Gasteiger partial charge in [-0.3, -0.25) is 0 Å². The number of hydrogen-bond donors (Lipinski definition) is 2. The Morgan fingerprint density at radius 3 is 2.56 bits per heavy atom. The molecular formula is C12H13NO2S. The zero-order chi connectivity index (χ0) is 11.5. The maximum Gasteiger partial charge on any atom is 0.115 e. The van der Waals surface area contributed by atoms with Gasteiger partial charge in [-0.15, -0.1) is 11.3 Å². The van der Waals surface area contributed by atoms with Gasteiger partial charge < -0.3 is 10.2 Å². The van der Waals surface area contributed by atoms with Gasteiger partial charge in [-0.1, -0.05) is 12.1 Å². The molecule has 84 valence electrons. The molecule has 2 rings (SSSR count). The molecule has 1 aromatic carbocycles. The van der Waals surface area contributed by atoms with E-state index in [2.05, 4.69) is 4.98 Å². The van der Waals surface area contributed by atoms with Crippen LogP contribution in [0.25, 0.3) is 0 Å². The lowest BCUT2D eigenvalue weighted by Gasteiger charge is -1.98. The Balaban J connectivity index is 2.11. The van der Waals surface area contributed by atoms with Crippen molar-refractivity contribution in [2.45, 2.75) is 19.4 Å². The number of aromatic nitrogens is 1. The summed E-state index contributed by atoms with van der Waals surface area (Å²) in [6, 6.07) is 7.08. The minimum Gasteiger partial charge on any atom is -0.508 e. The molecule has 0 spiro atoms. The second-order valence-corrected chi connectivity index (χ2v) is 4.82. The van der Waals surface area contributed by atoms with Crippen LogP contribution in [0.15, 0.2) is 30.5 Å². The fourth-order valence-electron chi connectivity index (χ4n) is 1.39. The second-order valence-electron chi connectivity index (χ2n) is 3.68. The summed E-state index contributed by atoms with van der Waals surface area (Å²) in [5, 5.41) is 19.5. The molecule has 0 bridgehead atoms. The van der Waals surface area contributed by atoms with E-state index in [1.165, 1.54) is 11.3 Å². The first-order valence-corrected chi connectivity index (χ1v) is 5.87. The van der Waals surface area contributed by atoms with Crippen molar-refractivity contribution < 1.29 is 10.2 Å². The first-order chi connectivity index (χ1) is 7.65. The molecule has 1 heterocycles. The summed E-state index contributed by atoms with van der Waals surface area (Å²) in [4.78, 5) is 5.13. The molecule has 1 aromatic heterocycles. The molecular weight excluding hydrogens is 222 g/mol. The summed E-state index contributed by atoms with van der Waals surface area (Å²) < 4.78 is 0. The molecule has 1 atom stereocenters. The number of aromatic hydroxyl groups is 1.